The summed E-state index contributed by atoms with van der Waals surface area (Å²) in [4.78, 5) is 113. The minimum absolute atomic E-state index is 0. The number of rotatable bonds is 3. The molecule has 0 unspecified atom stereocenters. The summed E-state index contributed by atoms with van der Waals surface area (Å²) in [5.41, 5.74) is -2.42. The van der Waals surface area contributed by atoms with Gasteiger partial charge in [-0.2, -0.15) is 0 Å². The maximum absolute atomic E-state index is 11.6. The van der Waals surface area contributed by atoms with Gasteiger partial charge >= 0.3 is 29.6 Å². The van der Waals surface area contributed by atoms with Crippen molar-refractivity contribution in [3.05, 3.63) is 22.7 Å². The van der Waals surface area contributed by atoms with Crippen LogP contribution in [-0.4, -0.2) is 62.9 Å². The first-order valence-electron chi connectivity index (χ1n) is 17.5. The number of aliphatic hydroxyl groups is 1. The van der Waals surface area contributed by atoms with Crippen LogP contribution in [0.4, 0.5) is 0 Å². The van der Waals surface area contributed by atoms with Crippen LogP contribution in [-0.2, 0) is 47.9 Å². The van der Waals surface area contributed by atoms with Gasteiger partial charge in [0.1, 0.15) is 17.6 Å². The Balaban J connectivity index is 0.000000676. The Morgan fingerprint density at radius 3 is 1.02 bits per heavy atom. The Bertz CT molecular complexity index is 1500. The van der Waals surface area contributed by atoms with Crippen molar-refractivity contribution in [1.82, 2.24) is 0 Å². The van der Waals surface area contributed by atoms with E-state index in [0.717, 1.165) is 0 Å². The molecule has 1 N–H and O–H groups in total. The SMILES string of the molecule is CC(C)(C)C(=O)C1=C([O-])CCC1=O.CC(C)(C)C(=O)C1C(=O)CCC1=O.CC(C)(C)C(=O)C1C(=O)CCC1=O.CC(C)(C)C(O)=C1C(=O)CCC1=O.[Na+]. The van der Waals surface area contributed by atoms with E-state index in [1.807, 2.05) is 0 Å². The minimum Gasteiger partial charge on any atom is -0.875 e. The first-order valence-corrected chi connectivity index (χ1v) is 17.5. The number of allylic oxidation sites excluding steroid dienone is 4. The molecule has 4 aliphatic rings. The van der Waals surface area contributed by atoms with Crippen LogP contribution in [0.5, 0.6) is 0 Å². The quantitative estimate of drug-likeness (QED) is 0.143. The van der Waals surface area contributed by atoms with Crippen LogP contribution >= 0.6 is 0 Å². The first kappa shape index (κ1) is 49.8. The number of hydrogen-bond donors (Lipinski definition) is 1. The summed E-state index contributed by atoms with van der Waals surface area (Å²) in [5.74, 6) is -4.62. The third kappa shape index (κ3) is 13.5. The molecule has 0 saturated heterocycles. The molecule has 0 spiro atoms. The Hall–Kier alpha value is -3.22. The molecule has 0 radical (unpaired) electrons. The fourth-order valence-corrected chi connectivity index (χ4v) is 5.41. The van der Waals surface area contributed by atoms with Crippen LogP contribution in [0.2, 0.25) is 0 Å². The summed E-state index contributed by atoms with van der Waals surface area (Å²) in [6.07, 6.45) is 1.86. The van der Waals surface area contributed by atoms with Gasteiger partial charge in [0.15, 0.2) is 57.8 Å². The number of ketones is 10. The average molecular weight is 751 g/mol. The molecule has 53 heavy (non-hydrogen) atoms. The summed E-state index contributed by atoms with van der Waals surface area (Å²) < 4.78 is 0. The molecule has 0 aromatic carbocycles. The Labute approximate surface area is 334 Å². The molecule has 12 nitrogen and oxygen atoms in total. The van der Waals surface area contributed by atoms with Crippen LogP contribution in [0.25, 0.3) is 0 Å². The second-order valence-electron chi connectivity index (χ2n) is 17.6. The van der Waals surface area contributed by atoms with Crippen LogP contribution in [0.1, 0.15) is 134 Å². The maximum Gasteiger partial charge on any atom is 1.00 e. The number of Topliss-reactive ketones (excluding diaryl/α,β-unsaturated/α-hetero) is 10. The smallest absolute Gasteiger partial charge is 0.875 e. The van der Waals surface area contributed by atoms with E-state index < -0.39 is 33.5 Å². The summed E-state index contributed by atoms with van der Waals surface area (Å²) in [6, 6.07) is 0. The van der Waals surface area contributed by atoms with Gasteiger partial charge in [-0.05, 0) is 6.42 Å². The summed E-state index contributed by atoms with van der Waals surface area (Å²) in [7, 11) is 0. The summed E-state index contributed by atoms with van der Waals surface area (Å²) in [6.45, 7) is 20.8. The number of carbonyl (C=O) groups is 10. The van der Waals surface area contributed by atoms with Gasteiger partial charge in [-0.3, -0.25) is 47.9 Å². The van der Waals surface area contributed by atoms with E-state index in [9.17, 15) is 58.2 Å². The zero-order chi connectivity index (χ0) is 40.9. The van der Waals surface area contributed by atoms with Crippen molar-refractivity contribution in [2.75, 3.05) is 0 Å². The van der Waals surface area contributed by atoms with Gasteiger partial charge < -0.3 is 10.2 Å². The van der Waals surface area contributed by atoms with Crippen LogP contribution in [0, 0.1) is 33.5 Å². The molecule has 288 valence electrons. The van der Waals surface area contributed by atoms with Crippen molar-refractivity contribution in [3.63, 3.8) is 0 Å². The van der Waals surface area contributed by atoms with Crippen LogP contribution < -0.4 is 34.7 Å². The van der Waals surface area contributed by atoms with Gasteiger partial charge in [0.2, 0.25) is 0 Å². The molecular weight excluding hydrogens is 695 g/mol. The Morgan fingerprint density at radius 1 is 0.491 bits per heavy atom. The van der Waals surface area contributed by atoms with Crippen molar-refractivity contribution in [2.24, 2.45) is 33.5 Å². The third-order valence-corrected chi connectivity index (χ3v) is 8.66. The van der Waals surface area contributed by atoms with E-state index in [2.05, 4.69) is 0 Å². The number of aliphatic hydroxyl groups excluding tert-OH is 1. The van der Waals surface area contributed by atoms with Gasteiger partial charge in [0, 0.05) is 72.2 Å². The molecule has 0 atom stereocenters. The van der Waals surface area contributed by atoms with Gasteiger partial charge in [-0.15, -0.1) is 5.76 Å². The molecule has 0 aromatic rings. The molecule has 3 saturated carbocycles. The molecule has 3 fully saturated rings. The predicted molar refractivity (Wildman–Crippen MR) is 188 cm³/mol. The molecule has 4 rings (SSSR count). The van der Waals surface area contributed by atoms with Crippen molar-refractivity contribution < 1.29 is 87.7 Å². The van der Waals surface area contributed by atoms with Crippen LogP contribution in [0.15, 0.2) is 22.7 Å². The topological polar surface area (TPSA) is 214 Å². The molecule has 0 amide bonds. The first-order chi connectivity index (χ1) is 23.3. The summed E-state index contributed by atoms with van der Waals surface area (Å²) in [5, 5.41) is 20.9. The van der Waals surface area contributed by atoms with E-state index in [1.54, 1.807) is 83.1 Å². The third-order valence-electron chi connectivity index (χ3n) is 8.66. The second-order valence-corrected chi connectivity index (χ2v) is 17.6. The molecule has 13 heteroatoms. The molecule has 0 aromatic heterocycles. The standard InChI is InChI=1S/4C10H14O3.Na/c4*1-10(2,3)9(13)8-6(11)4-5-7(8)12;/h13H,4-5H2,1-3H3;11H,4-5H2,1-3H3;2*8H,4-5H2,1-3H3;/q;;;;+1/p-1. The maximum atomic E-state index is 11.6. The van der Waals surface area contributed by atoms with Gasteiger partial charge in [-0.25, -0.2) is 0 Å². The van der Waals surface area contributed by atoms with Gasteiger partial charge in [0.05, 0.1) is 5.57 Å². The van der Waals surface area contributed by atoms with Crippen molar-refractivity contribution in [2.45, 2.75) is 134 Å². The molecule has 0 heterocycles. The Morgan fingerprint density at radius 2 is 0.792 bits per heavy atom. The Kier molecular flexibility index (Phi) is 17.7. The summed E-state index contributed by atoms with van der Waals surface area (Å²) >= 11 is 0. The zero-order valence-corrected chi connectivity index (χ0v) is 35.7. The van der Waals surface area contributed by atoms with E-state index in [4.69, 9.17) is 0 Å². The van der Waals surface area contributed by atoms with E-state index >= 15 is 0 Å². The number of hydrogen-bond acceptors (Lipinski definition) is 12. The largest absolute Gasteiger partial charge is 1.00 e. The predicted octanol–water partition coefficient (Wildman–Crippen LogP) is 1.66. The monoisotopic (exact) mass is 750 g/mol. The van der Waals surface area contributed by atoms with E-state index in [-0.39, 0.29) is 161 Å². The molecule has 4 aliphatic carbocycles. The zero-order valence-electron chi connectivity index (χ0n) is 33.7. The van der Waals surface area contributed by atoms with Crippen molar-refractivity contribution in [1.29, 1.82) is 0 Å². The minimum atomic E-state index is -0.958. The van der Waals surface area contributed by atoms with Gasteiger partial charge in [-0.1, -0.05) is 83.1 Å². The van der Waals surface area contributed by atoms with E-state index in [1.165, 1.54) is 0 Å². The second kappa shape index (κ2) is 18.9. The fraction of sp³-hybridized carbons (Fsp3) is 0.650. The van der Waals surface area contributed by atoms with Gasteiger partial charge in [0.25, 0.3) is 0 Å². The van der Waals surface area contributed by atoms with E-state index in [0.29, 0.717) is 0 Å². The number of carbonyl (C=O) groups excluding carboxylic acids is 10. The molecule has 0 bridgehead atoms. The van der Waals surface area contributed by atoms with Crippen molar-refractivity contribution in [3.8, 4) is 0 Å². The average Bonchev–Trinajstić information content (AvgIpc) is 3.72. The van der Waals surface area contributed by atoms with Crippen molar-refractivity contribution >= 4 is 57.8 Å². The molecule has 0 aliphatic heterocycles. The molecular formula is C40H55NaO12. The normalized spacial score (nSPS) is 18.6. The van der Waals surface area contributed by atoms with Crippen LogP contribution in [0.3, 0.4) is 0 Å². The fourth-order valence-electron chi connectivity index (χ4n) is 5.41.